The van der Waals surface area contributed by atoms with Crippen LogP contribution in [0.5, 0.6) is 5.75 Å². The third kappa shape index (κ3) is 7.71. The van der Waals surface area contributed by atoms with E-state index in [1.165, 1.54) is 18.2 Å². The molecule has 0 radical (unpaired) electrons. The molecule has 0 saturated carbocycles. The van der Waals surface area contributed by atoms with Gasteiger partial charge in [-0.05, 0) is 28.1 Å². The Balaban J connectivity index is 0. The van der Waals surface area contributed by atoms with E-state index >= 15 is 0 Å². The molecule has 1 aromatic rings. The Kier molecular flexibility index (Phi) is 11.1. The van der Waals surface area contributed by atoms with Crippen molar-refractivity contribution in [1.29, 1.82) is 0 Å². The molecule has 0 spiro atoms. The zero-order valence-corrected chi connectivity index (χ0v) is 12.2. The SMILES string of the molecule is O=C(O)c1cccc(Br)c1OF.[Na+].[O-]B(O)O. The average Bonchev–Trinajstić information content (AvgIpc) is 2.16. The van der Waals surface area contributed by atoms with Gasteiger partial charge in [0, 0.05) is 4.53 Å². The van der Waals surface area contributed by atoms with Crippen molar-refractivity contribution in [3.63, 3.8) is 0 Å². The van der Waals surface area contributed by atoms with Crippen LogP contribution in [0.4, 0.5) is 4.53 Å². The second-order valence-electron chi connectivity index (χ2n) is 2.33. The van der Waals surface area contributed by atoms with E-state index in [-0.39, 0.29) is 45.3 Å². The van der Waals surface area contributed by atoms with Gasteiger partial charge in [0.2, 0.25) is 5.75 Å². The van der Waals surface area contributed by atoms with Crippen LogP contribution in [0.25, 0.3) is 0 Å². The van der Waals surface area contributed by atoms with Crippen molar-refractivity contribution in [2.75, 3.05) is 0 Å². The van der Waals surface area contributed by atoms with Gasteiger partial charge in [-0.3, -0.25) is 4.94 Å². The number of carbonyl (C=O) groups is 1. The fourth-order valence-corrected chi connectivity index (χ4v) is 1.18. The van der Waals surface area contributed by atoms with Crippen LogP contribution in [0.1, 0.15) is 10.4 Å². The Morgan fingerprint density at radius 1 is 1.47 bits per heavy atom. The van der Waals surface area contributed by atoms with E-state index in [0.717, 1.165) is 0 Å². The first-order valence-electron chi connectivity index (χ1n) is 3.72. The van der Waals surface area contributed by atoms with E-state index in [1.807, 2.05) is 0 Å². The summed E-state index contributed by atoms with van der Waals surface area (Å²) in [5, 5.41) is 31.3. The molecule has 0 aromatic heterocycles. The van der Waals surface area contributed by atoms with Gasteiger partial charge in [0.1, 0.15) is 5.56 Å². The van der Waals surface area contributed by atoms with Gasteiger partial charge in [-0.15, -0.1) is 0 Å². The molecule has 1 rings (SSSR count). The van der Waals surface area contributed by atoms with Crippen LogP contribution in [0.2, 0.25) is 0 Å². The number of para-hydroxylation sites is 1. The van der Waals surface area contributed by atoms with Gasteiger partial charge in [0.25, 0.3) is 0 Å². The first-order valence-corrected chi connectivity index (χ1v) is 4.51. The summed E-state index contributed by atoms with van der Waals surface area (Å²) in [6.07, 6.45) is 0. The molecule has 0 aliphatic rings. The van der Waals surface area contributed by atoms with Crippen molar-refractivity contribution >= 4 is 29.2 Å². The summed E-state index contributed by atoms with van der Waals surface area (Å²) in [5.41, 5.74) is -0.216. The largest absolute Gasteiger partial charge is 1.00 e. The molecular weight excluding hydrogens is 313 g/mol. The van der Waals surface area contributed by atoms with Gasteiger partial charge in [-0.2, -0.15) is 0 Å². The van der Waals surface area contributed by atoms with Crippen molar-refractivity contribution < 1.29 is 64.0 Å². The summed E-state index contributed by atoms with van der Waals surface area (Å²) in [7, 11) is -2.42. The molecule has 17 heavy (non-hydrogen) atoms. The molecule has 0 amide bonds. The third-order valence-electron chi connectivity index (χ3n) is 1.27. The number of hydrogen-bond donors (Lipinski definition) is 3. The molecular formula is C7H6BBrFNaO6. The summed E-state index contributed by atoms with van der Waals surface area (Å²) in [5.74, 6) is -1.55. The van der Waals surface area contributed by atoms with Gasteiger partial charge >= 0.3 is 42.8 Å². The number of aromatic carboxylic acids is 1. The molecule has 0 heterocycles. The average molecular weight is 319 g/mol. The molecule has 0 fully saturated rings. The van der Waals surface area contributed by atoms with Crippen molar-refractivity contribution in [2.45, 2.75) is 0 Å². The van der Waals surface area contributed by atoms with Crippen LogP contribution < -0.4 is 39.5 Å². The molecule has 88 valence electrons. The molecule has 0 atom stereocenters. The standard InChI is InChI=1S/C7H4BrFO3.BH2O3.Na/c8-5-3-1-2-4(7(10)11)6(5)12-9;2-1(3)4;/h1-3H,(H,10,11);2-3H;/q;-1;+1. The molecule has 1 aromatic carbocycles. The Bertz CT molecular complexity index is 363. The molecule has 3 N–H and O–H groups in total. The number of rotatable bonds is 2. The Hall–Kier alpha value is -0.155. The molecule has 10 heteroatoms. The first-order chi connectivity index (χ1) is 7.40. The summed E-state index contributed by atoms with van der Waals surface area (Å²) in [6.45, 7) is 0. The van der Waals surface area contributed by atoms with Gasteiger partial charge < -0.3 is 20.2 Å². The third-order valence-corrected chi connectivity index (χ3v) is 1.90. The number of hydrogen-bond acceptors (Lipinski definition) is 5. The number of benzene rings is 1. The molecule has 0 saturated heterocycles. The van der Waals surface area contributed by atoms with Gasteiger partial charge in [-0.1, -0.05) is 6.07 Å². The molecule has 6 nitrogen and oxygen atoms in total. The Morgan fingerprint density at radius 3 is 2.24 bits per heavy atom. The van der Waals surface area contributed by atoms with E-state index in [9.17, 15) is 9.32 Å². The van der Waals surface area contributed by atoms with Crippen molar-refractivity contribution in [1.82, 2.24) is 0 Å². The Morgan fingerprint density at radius 2 is 1.94 bits per heavy atom. The minimum atomic E-state index is -2.42. The Labute approximate surface area is 127 Å². The molecule has 0 aliphatic heterocycles. The normalized spacial score (nSPS) is 8.29. The van der Waals surface area contributed by atoms with Crippen molar-refractivity contribution in [3.8, 4) is 5.75 Å². The van der Waals surface area contributed by atoms with Crippen molar-refractivity contribution in [3.05, 3.63) is 28.2 Å². The maximum Gasteiger partial charge on any atom is 1.00 e. The van der Waals surface area contributed by atoms with E-state index in [2.05, 4.69) is 20.9 Å². The van der Waals surface area contributed by atoms with E-state index in [0.29, 0.717) is 0 Å². The predicted octanol–water partition coefficient (Wildman–Crippen LogP) is -3.27. The monoisotopic (exact) mass is 318 g/mol. The molecule has 0 aliphatic carbocycles. The van der Waals surface area contributed by atoms with Crippen LogP contribution in [0.15, 0.2) is 22.7 Å². The number of carboxylic acid groups (broad SMARTS) is 1. The molecule has 0 unspecified atom stereocenters. The summed E-state index contributed by atoms with van der Waals surface area (Å²) >= 11 is 2.95. The van der Waals surface area contributed by atoms with E-state index in [4.69, 9.17) is 20.2 Å². The summed E-state index contributed by atoms with van der Waals surface area (Å²) in [6, 6.07) is 4.22. The van der Waals surface area contributed by atoms with Gasteiger partial charge in [0.15, 0.2) is 0 Å². The molecule has 0 bridgehead atoms. The van der Waals surface area contributed by atoms with E-state index in [1.54, 1.807) is 0 Å². The topological polar surface area (TPSA) is 110 Å². The number of carboxylic acids is 1. The second kappa shape index (κ2) is 9.83. The summed E-state index contributed by atoms with van der Waals surface area (Å²) < 4.78 is 12.1. The smallest absolute Gasteiger partial charge is 0.832 e. The van der Waals surface area contributed by atoms with Crippen LogP contribution in [0, 0.1) is 0 Å². The zero-order valence-electron chi connectivity index (χ0n) is 8.63. The van der Waals surface area contributed by atoms with Crippen LogP contribution in [-0.2, 0) is 0 Å². The minimum Gasteiger partial charge on any atom is -0.832 e. The second-order valence-corrected chi connectivity index (χ2v) is 3.18. The van der Waals surface area contributed by atoms with E-state index < -0.39 is 13.3 Å². The van der Waals surface area contributed by atoms with Crippen LogP contribution in [0.3, 0.4) is 0 Å². The van der Waals surface area contributed by atoms with Gasteiger partial charge in [0.05, 0.1) is 4.47 Å². The van der Waals surface area contributed by atoms with Gasteiger partial charge in [-0.25, -0.2) is 4.79 Å². The number of halogens is 2. The van der Waals surface area contributed by atoms with Crippen molar-refractivity contribution in [2.24, 2.45) is 0 Å². The maximum absolute atomic E-state index is 11.8. The predicted molar refractivity (Wildman–Crippen MR) is 53.0 cm³/mol. The van der Waals surface area contributed by atoms with Crippen LogP contribution >= 0.6 is 15.9 Å². The first kappa shape index (κ1) is 19.2. The summed E-state index contributed by atoms with van der Waals surface area (Å²) in [4.78, 5) is 13.9. The quantitative estimate of drug-likeness (QED) is 0.494. The van der Waals surface area contributed by atoms with Crippen LogP contribution in [-0.4, -0.2) is 28.4 Å². The fourth-order valence-electron chi connectivity index (χ4n) is 0.756. The maximum atomic E-state index is 11.8. The minimum absolute atomic E-state index is 0. The fraction of sp³-hybridized carbons (Fsp3) is 0. The zero-order chi connectivity index (χ0) is 12.7.